The Balaban J connectivity index is 1.71. The van der Waals surface area contributed by atoms with Crippen LogP contribution in [0.15, 0.2) is 54.6 Å². The summed E-state index contributed by atoms with van der Waals surface area (Å²) in [6, 6.07) is 17.0. The van der Waals surface area contributed by atoms with E-state index in [-0.39, 0.29) is 16.7 Å². The average Bonchev–Trinajstić information content (AvgIpc) is 2.88. The molecule has 3 aromatic carbocycles. The predicted molar refractivity (Wildman–Crippen MR) is 133 cm³/mol. The van der Waals surface area contributed by atoms with E-state index in [1.165, 1.54) is 20.3 Å². The summed E-state index contributed by atoms with van der Waals surface area (Å²) in [5.41, 5.74) is 3.88. The number of rotatable bonds is 9. The molecule has 1 aliphatic rings. The van der Waals surface area contributed by atoms with Gasteiger partial charge in [0.15, 0.2) is 23.0 Å². The third-order valence-corrected chi connectivity index (χ3v) is 6.48. The van der Waals surface area contributed by atoms with Crippen molar-refractivity contribution in [3.05, 3.63) is 87.0 Å². The number of hydrogen-bond donors (Lipinski definition) is 0. The van der Waals surface area contributed by atoms with E-state index in [1.54, 1.807) is 13.2 Å². The Kier molecular flexibility index (Phi) is 7.41. The van der Waals surface area contributed by atoms with Crippen LogP contribution in [0.25, 0.3) is 0 Å². The lowest BCUT2D eigenvalue weighted by Crippen LogP contribution is -2.33. The maximum atomic E-state index is 11.9. The fourth-order valence-corrected chi connectivity index (χ4v) is 4.56. The normalized spacial score (nSPS) is 15.3. The van der Waals surface area contributed by atoms with Gasteiger partial charge in [-0.25, -0.2) is 0 Å². The molecule has 1 atom stereocenters. The number of nitrogens with zero attached hydrogens (tertiary/aromatic N) is 2. The van der Waals surface area contributed by atoms with Crippen molar-refractivity contribution in [2.24, 2.45) is 0 Å². The van der Waals surface area contributed by atoms with Gasteiger partial charge < -0.3 is 18.9 Å². The first-order valence-corrected chi connectivity index (χ1v) is 11.4. The molecule has 3 aromatic rings. The summed E-state index contributed by atoms with van der Waals surface area (Å²) in [7, 11) is 6.67. The summed E-state index contributed by atoms with van der Waals surface area (Å²) in [5.74, 6) is 2.13. The van der Waals surface area contributed by atoms with Crippen LogP contribution in [0.2, 0.25) is 0 Å². The number of likely N-dealkylation sites (N-methyl/N-ethyl adjacent to an activating group) is 1. The van der Waals surface area contributed by atoms with Crippen molar-refractivity contribution in [1.29, 1.82) is 0 Å². The molecule has 0 amide bonds. The van der Waals surface area contributed by atoms with Crippen LogP contribution in [0.5, 0.6) is 23.0 Å². The predicted octanol–water partition coefficient (Wildman–Crippen LogP) is 4.97. The summed E-state index contributed by atoms with van der Waals surface area (Å²) in [5, 5.41) is 11.9. The van der Waals surface area contributed by atoms with Gasteiger partial charge in [-0.15, -0.1) is 0 Å². The molecule has 0 fully saturated rings. The number of nitro benzene ring substituents is 1. The molecule has 0 bridgehead atoms. The molecule has 1 aliphatic heterocycles. The van der Waals surface area contributed by atoms with E-state index < -0.39 is 0 Å². The SMILES string of the molecule is COc1cc(CC2c3cc(OCc4ccccc4)c(OC)cc3CCN2C)c([N+](=O)[O-])cc1OC. The van der Waals surface area contributed by atoms with Crippen molar-refractivity contribution < 1.29 is 23.9 Å². The summed E-state index contributed by atoms with van der Waals surface area (Å²) < 4.78 is 22.5. The van der Waals surface area contributed by atoms with Crippen molar-refractivity contribution in [2.75, 3.05) is 34.9 Å². The highest BCUT2D eigenvalue weighted by molar-refractivity contribution is 5.56. The minimum Gasteiger partial charge on any atom is -0.493 e. The van der Waals surface area contributed by atoms with E-state index in [2.05, 4.69) is 4.90 Å². The number of nitro groups is 1. The molecule has 1 heterocycles. The zero-order valence-electron chi connectivity index (χ0n) is 20.4. The van der Waals surface area contributed by atoms with Crippen LogP contribution >= 0.6 is 0 Å². The number of fused-ring (bicyclic) bond motifs is 1. The van der Waals surface area contributed by atoms with Gasteiger partial charge in [0.25, 0.3) is 5.69 Å². The Morgan fingerprint density at radius 2 is 1.60 bits per heavy atom. The molecule has 1 unspecified atom stereocenters. The van der Waals surface area contributed by atoms with Crippen LogP contribution in [-0.4, -0.2) is 44.7 Å². The van der Waals surface area contributed by atoms with E-state index in [9.17, 15) is 10.1 Å². The van der Waals surface area contributed by atoms with E-state index in [4.69, 9.17) is 18.9 Å². The van der Waals surface area contributed by atoms with Gasteiger partial charge in [-0.3, -0.25) is 15.0 Å². The highest BCUT2D eigenvalue weighted by Gasteiger charge is 2.30. The van der Waals surface area contributed by atoms with Crippen molar-refractivity contribution in [3.63, 3.8) is 0 Å². The van der Waals surface area contributed by atoms with Crippen LogP contribution < -0.4 is 18.9 Å². The van der Waals surface area contributed by atoms with Gasteiger partial charge in [0, 0.05) is 18.2 Å². The van der Waals surface area contributed by atoms with Crippen LogP contribution in [0.1, 0.15) is 28.3 Å². The molecule has 0 spiro atoms. The molecule has 0 radical (unpaired) electrons. The van der Waals surface area contributed by atoms with Gasteiger partial charge in [0.05, 0.1) is 32.3 Å². The van der Waals surface area contributed by atoms with E-state index in [0.29, 0.717) is 41.6 Å². The fraction of sp³-hybridized carbons (Fsp3) is 0.333. The molecule has 35 heavy (non-hydrogen) atoms. The van der Waals surface area contributed by atoms with Crippen molar-refractivity contribution >= 4 is 5.69 Å². The molecule has 0 saturated heterocycles. The molecule has 8 heteroatoms. The Labute approximate surface area is 205 Å². The van der Waals surface area contributed by atoms with Gasteiger partial charge in [0.2, 0.25) is 0 Å². The van der Waals surface area contributed by atoms with Crippen molar-refractivity contribution in [2.45, 2.75) is 25.5 Å². The monoisotopic (exact) mass is 478 g/mol. The lowest BCUT2D eigenvalue weighted by Gasteiger charge is -2.35. The Bertz CT molecular complexity index is 1200. The third kappa shape index (κ3) is 5.17. The second-order valence-corrected chi connectivity index (χ2v) is 8.52. The lowest BCUT2D eigenvalue weighted by molar-refractivity contribution is -0.385. The van der Waals surface area contributed by atoms with Crippen LogP contribution in [0.4, 0.5) is 5.69 Å². The van der Waals surface area contributed by atoms with Gasteiger partial charge in [-0.2, -0.15) is 0 Å². The Hall–Kier alpha value is -3.78. The van der Waals surface area contributed by atoms with E-state index in [1.807, 2.05) is 49.5 Å². The maximum Gasteiger partial charge on any atom is 0.276 e. The second-order valence-electron chi connectivity index (χ2n) is 8.52. The molecule has 0 N–H and O–H groups in total. The zero-order chi connectivity index (χ0) is 24.9. The number of ether oxygens (including phenoxy) is 4. The lowest BCUT2D eigenvalue weighted by atomic mass is 9.88. The first-order valence-electron chi connectivity index (χ1n) is 11.4. The minimum atomic E-state index is -0.372. The summed E-state index contributed by atoms with van der Waals surface area (Å²) in [6.07, 6.45) is 1.29. The molecular weight excluding hydrogens is 448 g/mol. The molecule has 4 rings (SSSR count). The zero-order valence-corrected chi connectivity index (χ0v) is 20.4. The van der Waals surface area contributed by atoms with Gasteiger partial charge >= 0.3 is 0 Å². The van der Waals surface area contributed by atoms with Crippen LogP contribution in [-0.2, 0) is 19.4 Å². The topological polar surface area (TPSA) is 83.3 Å². The highest BCUT2D eigenvalue weighted by Crippen LogP contribution is 2.42. The number of hydrogen-bond acceptors (Lipinski definition) is 7. The minimum absolute atomic E-state index is 0.0113. The molecule has 8 nitrogen and oxygen atoms in total. The van der Waals surface area contributed by atoms with Crippen LogP contribution in [0, 0.1) is 10.1 Å². The standard InChI is InChI=1S/C27H30N2O6/c1-28-11-10-19-13-25(33-3)27(35-17-18-8-6-5-7-9-18)15-21(19)23(28)12-20-14-24(32-2)26(34-4)16-22(20)29(30)31/h5-9,13-16,23H,10-12,17H2,1-4H3. The third-order valence-electron chi connectivity index (χ3n) is 6.48. The molecule has 0 aliphatic carbocycles. The van der Waals surface area contributed by atoms with E-state index >= 15 is 0 Å². The summed E-state index contributed by atoms with van der Waals surface area (Å²) in [4.78, 5) is 13.7. The Morgan fingerprint density at radius 1 is 0.943 bits per heavy atom. The first kappa shape index (κ1) is 24.3. The first-order chi connectivity index (χ1) is 16.9. The maximum absolute atomic E-state index is 11.9. The van der Waals surface area contributed by atoms with Gasteiger partial charge in [0.1, 0.15) is 6.61 Å². The molecule has 0 aromatic heterocycles. The largest absolute Gasteiger partial charge is 0.493 e. The molecule has 0 saturated carbocycles. The van der Waals surface area contributed by atoms with Gasteiger partial charge in [-0.1, -0.05) is 30.3 Å². The molecule has 184 valence electrons. The van der Waals surface area contributed by atoms with E-state index in [0.717, 1.165) is 29.7 Å². The summed E-state index contributed by atoms with van der Waals surface area (Å²) in [6.45, 7) is 1.24. The van der Waals surface area contributed by atoms with Crippen LogP contribution in [0.3, 0.4) is 0 Å². The fourth-order valence-electron chi connectivity index (χ4n) is 4.56. The Morgan fingerprint density at radius 3 is 2.26 bits per heavy atom. The number of methoxy groups -OCH3 is 3. The quantitative estimate of drug-likeness (QED) is 0.317. The van der Waals surface area contributed by atoms with Crippen molar-refractivity contribution in [1.82, 2.24) is 4.90 Å². The van der Waals surface area contributed by atoms with Crippen molar-refractivity contribution in [3.8, 4) is 23.0 Å². The second kappa shape index (κ2) is 10.7. The van der Waals surface area contributed by atoms with Gasteiger partial charge in [-0.05, 0) is 54.8 Å². The summed E-state index contributed by atoms with van der Waals surface area (Å²) >= 11 is 0. The number of benzene rings is 3. The highest BCUT2D eigenvalue weighted by atomic mass is 16.6. The average molecular weight is 479 g/mol. The molecular formula is C27H30N2O6. The smallest absolute Gasteiger partial charge is 0.276 e.